The average Bonchev–Trinajstić information content (AvgIpc) is 2.38. The Bertz CT molecular complexity index is 458. The first-order chi connectivity index (χ1) is 8.60. The van der Waals surface area contributed by atoms with Gasteiger partial charge in [0.1, 0.15) is 11.8 Å². The Hall–Kier alpha value is -1.20. The number of methoxy groups -OCH3 is 1. The highest BCUT2D eigenvalue weighted by molar-refractivity contribution is 9.10. The number of hydrogen-bond acceptors (Lipinski definition) is 4. The molecule has 0 saturated carbocycles. The third-order valence-electron chi connectivity index (χ3n) is 3.02. The van der Waals surface area contributed by atoms with E-state index in [9.17, 15) is 9.59 Å². The highest BCUT2D eigenvalue weighted by atomic mass is 79.9. The maximum atomic E-state index is 11.7. The molecule has 1 saturated heterocycles. The van der Waals surface area contributed by atoms with Crippen LogP contribution in [0.1, 0.15) is 24.4 Å². The maximum absolute atomic E-state index is 11.7. The molecular weight excluding hydrogens is 298 g/mol. The number of halogens is 1. The molecule has 96 valence electrons. The molecule has 2 atom stereocenters. The molecule has 0 radical (unpaired) electrons. The summed E-state index contributed by atoms with van der Waals surface area (Å²) in [5.74, 6) is -0.303. The van der Waals surface area contributed by atoms with E-state index in [0.29, 0.717) is 6.42 Å². The van der Waals surface area contributed by atoms with Gasteiger partial charge in [0.15, 0.2) is 0 Å². The first-order valence-electron chi connectivity index (χ1n) is 5.71. The summed E-state index contributed by atoms with van der Waals surface area (Å²) >= 11 is 3.37. The quantitative estimate of drug-likeness (QED) is 0.849. The highest BCUT2D eigenvalue weighted by Gasteiger charge is 2.32. The predicted octanol–water partition coefficient (Wildman–Crippen LogP) is 1.98. The van der Waals surface area contributed by atoms with E-state index in [0.717, 1.165) is 10.0 Å². The van der Waals surface area contributed by atoms with E-state index in [1.165, 1.54) is 7.11 Å². The summed E-state index contributed by atoms with van der Waals surface area (Å²) in [5.41, 5.74) is 1.00. The van der Waals surface area contributed by atoms with E-state index in [2.05, 4.69) is 26.0 Å². The SMILES string of the molecule is COC(=O)[C@@H]1CC(=O)C[C@H](c2ccc(Br)cc2)N1. The van der Waals surface area contributed by atoms with Gasteiger partial charge in [-0.05, 0) is 17.7 Å². The van der Waals surface area contributed by atoms with Crippen molar-refractivity contribution in [1.29, 1.82) is 0 Å². The van der Waals surface area contributed by atoms with Crippen molar-refractivity contribution >= 4 is 27.7 Å². The highest BCUT2D eigenvalue weighted by Crippen LogP contribution is 2.25. The number of benzene rings is 1. The Morgan fingerprint density at radius 1 is 1.33 bits per heavy atom. The largest absolute Gasteiger partial charge is 0.468 e. The molecule has 1 N–H and O–H groups in total. The van der Waals surface area contributed by atoms with Gasteiger partial charge in [0, 0.05) is 23.4 Å². The number of esters is 1. The monoisotopic (exact) mass is 311 g/mol. The molecule has 5 heteroatoms. The van der Waals surface area contributed by atoms with Crippen molar-refractivity contribution in [2.75, 3.05) is 7.11 Å². The van der Waals surface area contributed by atoms with Crippen LogP contribution in [0, 0.1) is 0 Å². The summed E-state index contributed by atoms with van der Waals surface area (Å²) in [6.07, 6.45) is 0.620. The van der Waals surface area contributed by atoms with Crippen molar-refractivity contribution in [3.8, 4) is 0 Å². The standard InChI is InChI=1S/C13H14BrNO3/c1-18-13(17)12-7-10(16)6-11(15-12)8-2-4-9(14)5-3-8/h2-5,11-12,15H,6-7H2,1H3/t11-,12+/m1/s1. The molecule has 0 bridgehead atoms. The summed E-state index contributed by atoms with van der Waals surface area (Å²) in [6.45, 7) is 0. The summed E-state index contributed by atoms with van der Waals surface area (Å²) < 4.78 is 5.66. The second-order valence-electron chi connectivity index (χ2n) is 4.29. The van der Waals surface area contributed by atoms with Crippen molar-refractivity contribution < 1.29 is 14.3 Å². The van der Waals surface area contributed by atoms with Crippen LogP contribution in [0.3, 0.4) is 0 Å². The molecule has 0 aliphatic carbocycles. The van der Waals surface area contributed by atoms with Crippen LogP contribution >= 0.6 is 15.9 Å². The van der Waals surface area contributed by atoms with Gasteiger partial charge in [0.25, 0.3) is 0 Å². The molecule has 0 spiro atoms. The fraction of sp³-hybridized carbons (Fsp3) is 0.385. The van der Waals surface area contributed by atoms with Crippen molar-refractivity contribution in [3.63, 3.8) is 0 Å². The molecule has 2 rings (SSSR count). The zero-order valence-corrected chi connectivity index (χ0v) is 11.6. The van der Waals surface area contributed by atoms with Crippen LogP contribution in [0.25, 0.3) is 0 Å². The summed E-state index contributed by atoms with van der Waals surface area (Å²) in [4.78, 5) is 23.2. The number of carbonyl (C=O) groups is 2. The molecule has 1 aliphatic heterocycles. The zero-order valence-electron chi connectivity index (χ0n) is 9.98. The molecule has 0 amide bonds. The minimum atomic E-state index is -0.537. The number of nitrogens with one attached hydrogen (secondary N) is 1. The van der Waals surface area contributed by atoms with Gasteiger partial charge >= 0.3 is 5.97 Å². The lowest BCUT2D eigenvalue weighted by atomic mass is 9.92. The molecule has 1 heterocycles. The van der Waals surface area contributed by atoms with Gasteiger partial charge in [0.2, 0.25) is 0 Å². The normalized spacial score (nSPS) is 23.8. The second kappa shape index (κ2) is 5.63. The van der Waals surface area contributed by atoms with Crippen LogP contribution < -0.4 is 5.32 Å². The zero-order chi connectivity index (χ0) is 13.1. The van der Waals surface area contributed by atoms with E-state index in [1.54, 1.807) is 0 Å². The van der Waals surface area contributed by atoms with Crippen LogP contribution in [0.15, 0.2) is 28.7 Å². The Kier molecular flexibility index (Phi) is 4.14. The second-order valence-corrected chi connectivity index (χ2v) is 5.21. The maximum Gasteiger partial charge on any atom is 0.323 e. The molecular formula is C13H14BrNO3. The Labute approximate surface area is 114 Å². The molecule has 0 aromatic heterocycles. The van der Waals surface area contributed by atoms with E-state index in [-0.39, 0.29) is 24.2 Å². The number of hydrogen-bond donors (Lipinski definition) is 1. The smallest absolute Gasteiger partial charge is 0.323 e. The van der Waals surface area contributed by atoms with Crippen LogP contribution in [0.2, 0.25) is 0 Å². The number of ether oxygens (including phenoxy) is 1. The van der Waals surface area contributed by atoms with Crippen LogP contribution in [-0.2, 0) is 14.3 Å². The van der Waals surface area contributed by atoms with E-state index >= 15 is 0 Å². The molecule has 0 unspecified atom stereocenters. The summed E-state index contributed by atoms with van der Waals surface area (Å²) in [7, 11) is 1.33. The van der Waals surface area contributed by atoms with Gasteiger partial charge in [-0.1, -0.05) is 28.1 Å². The first-order valence-corrected chi connectivity index (χ1v) is 6.50. The van der Waals surface area contributed by atoms with Gasteiger partial charge in [-0.15, -0.1) is 0 Å². The predicted molar refractivity (Wildman–Crippen MR) is 70.1 cm³/mol. The Balaban J connectivity index is 2.15. The lowest BCUT2D eigenvalue weighted by molar-refractivity contribution is -0.146. The fourth-order valence-corrected chi connectivity index (χ4v) is 2.37. The Morgan fingerprint density at radius 2 is 2.00 bits per heavy atom. The molecule has 1 fully saturated rings. The van der Waals surface area contributed by atoms with E-state index < -0.39 is 6.04 Å². The van der Waals surface area contributed by atoms with Crippen LogP contribution in [-0.4, -0.2) is 24.9 Å². The lowest BCUT2D eigenvalue weighted by Gasteiger charge is -2.28. The minimum absolute atomic E-state index is 0.0806. The van der Waals surface area contributed by atoms with E-state index in [4.69, 9.17) is 0 Å². The molecule has 18 heavy (non-hydrogen) atoms. The number of rotatable bonds is 2. The van der Waals surface area contributed by atoms with E-state index in [1.807, 2.05) is 24.3 Å². The topological polar surface area (TPSA) is 55.4 Å². The Morgan fingerprint density at radius 3 is 2.61 bits per heavy atom. The fourth-order valence-electron chi connectivity index (χ4n) is 2.10. The van der Waals surface area contributed by atoms with Gasteiger partial charge in [-0.2, -0.15) is 0 Å². The number of piperidine rings is 1. The van der Waals surface area contributed by atoms with Crippen LogP contribution in [0.5, 0.6) is 0 Å². The number of ketones is 1. The van der Waals surface area contributed by atoms with Crippen molar-refractivity contribution in [3.05, 3.63) is 34.3 Å². The summed E-state index contributed by atoms with van der Waals surface area (Å²) in [5, 5.41) is 3.16. The van der Waals surface area contributed by atoms with Gasteiger partial charge < -0.3 is 4.74 Å². The first kappa shape index (κ1) is 13.2. The summed E-state index contributed by atoms with van der Waals surface area (Å²) in [6, 6.07) is 7.06. The molecule has 1 aliphatic rings. The minimum Gasteiger partial charge on any atom is -0.468 e. The number of Topliss-reactive ketones (excluding diaryl/α,β-unsaturated/α-hetero) is 1. The third-order valence-corrected chi connectivity index (χ3v) is 3.55. The average molecular weight is 312 g/mol. The number of carbonyl (C=O) groups excluding carboxylic acids is 2. The van der Waals surface area contributed by atoms with Gasteiger partial charge in [0.05, 0.1) is 7.11 Å². The van der Waals surface area contributed by atoms with Crippen molar-refractivity contribution in [2.45, 2.75) is 24.9 Å². The van der Waals surface area contributed by atoms with Gasteiger partial charge in [-0.25, -0.2) is 0 Å². The molecule has 1 aromatic carbocycles. The third kappa shape index (κ3) is 2.97. The van der Waals surface area contributed by atoms with Gasteiger partial charge in [-0.3, -0.25) is 14.9 Å². The van der Waals surface area contributed by atoms with Crippen LogP contribution in [0.4, 0.5) is 0 Å². The molecule has 1 aromatic rings. The molecule has 4 nitrogen and oxygen atoms in total. The van der Waals surface area contributed by atoms with Crippen molar-refractivity contribution in [2.24, 2.45) is 0 Å². The lowest BCUT2D eigenvalue weighted by Crippen LogP contribution is -2.46. The van der Waals surface area contributed by atoms with Crippen molar-refractivity contribution in [1.82, 2.24) is 5.32 Å².